The van der Waals surface area contributed by atoms with E-state index in [9.17, 15) is 18.4 Å². The molecule has 0 aliphatic rings. The van der Waals surface area contributed by atoms with Crippen molar-refractivity contribution in [3.8, 4) is 0 Å². The van der Waals surface area contributed by atoms with Crippen molar-refractivity contribution in [2.75, 3.05) is 33.3 Å². The molecule has 230 valence electrons. The normalized spacial score (nSPS) is 11.4. The van der Waals surface area contributed by atoms with E-state index in [0.29, 0.717) is 31.5 Å². The van der Waals surface area contributed by atoms with Crippen molar-refractivity contribution >= 4 is 12.2 Å². The zero-order valence-electron chi connectivity index (χ0n) is 24.8. The van der Waals surface area contributed by atoms with Crippen LogP contribution in [0.2, 0.25) is 0 Å². The molecule has 0 spiro atoms. The summed E-state index contributed by atoms with van der Waals surface area (Å²) in [7, 11) is 1.76. The van der Waals surface area contributed by atoms with Gasteiger partial charge in [-0.2, -0.15) is 4.98 Å². The van der Waals surface area contributed by atoms with Crippen molar-refractivity contribution in [3.05, 3.63) is 60.6 Å². The van der Waals surface area contributed by atoms with Gasteiger partial charge in [0.25, 0.3) is 0 Å². The molecule has 0 aliphatic carbocycles. The van der Waals surface area contributed by atoms with Gasteiger partial charge in [0.05, 0.1) is 24.8 Å². The Bertz CT molecular complexity index is 827. The van der Waals surface area contributed by atoms with Crippen LogP contribution in [-0.4, -0.2) is 71.8 Å². The molecule has 1 aromatic heterocycles. The van der Waals surface area contributed by atoms with Crippen LogP contribution in [0.25, 0.3) is 0 Å². The van der Waals surface area contributed by atoms with Gasteiger partial charge in [-0.15, -0.1) is 0 Å². The van der Waals surface area contributed by atoms with Gasteiger partial charge in [-0.25, -0.2) is 13.8 Å². The zero-order valence-corrected chi connectivity index (χ0v) is 24.8. The third kappa shape index (κ3) is 32.6. The summed E-state index contributed by atoms with van der Waals surface area (Å²) in [5, 5.41) is 19.7. The lowest BCUT2D eigenvalue weighted by molar-refractivity contribution is -0.116. The van der Waals surface area contributed by atoms with Gasteiger partial charge in [0.15, 0.2) is 17.9 Å². The van der Waals surface area contributed by atoms with Crippen LogP contribution in [0.4, 0.5) is 8.78 Å². The van der Waals surface area contributed by atoms with Crippen LogP contribution in [-0.2, 0) is 20.9 Å². The first-order chi connectivity index (χ1) is 19.2. The van der Waals surface area contributed by atoms with Crippen molar-refractivity contribution in [2.24, 2.45) is 0 Å². The molecule has 0 aliphatic heterocycles. The highest BCUT2D eigenvalue weighted by atomic mass is 19.1. The second-order valence-electron chi connectivity index (χ2n) is 7.63. The number of allylic oxidation sites excluding steroid dienone is 3. The molecule has 40 heavy (non-hydrogen) atoms. The number of halogens is 2. The van der Waals surface area contributed by atoms with Gasteiger partial charge in [-0.05, 0) is 46.7 Å². The maximum Gasteiger partial charge on any atom is 0.245 e. The molecule has 0 saturated heterocycles. The zero-order chi connectivity index (χ0) is 31.0. The molecular formula is C27H48F2N6O5. The summed E-state index contributed by atoms with van der Waals surface area (Å²) in [6.45, 7) is 14.0. The van der Waals surface area contributed by atoms with Crippen molar-refractivity contribution in [1.29, 1.82) is 0 Å². The molecule has 4 N–H and O–H groups in total. The van der Waals surface area contributed by atoms with E-state index in [4.69, 9.17) is 9.84 Å². The van der Waals surface area contributed by atoms with Crippen LogP contribution in [0.3, 0.4) is 0 Å². The molecule has 0 bridgehead atoms. The molecule has 0 saturated carbocycles. The third-order valence-corrected chi connectivity index (χ3v) is 3.94. The summed E-state index contributed by atoms with van der Waals surface area (Å²) in [6.07, 6.45) is 10.5. The first-order valence-electron chi connectivity index (χ1n) is 13.1. The van der Waals surface area contributed by atoms with Crippen molar-refractivity contribution in [3.63, 3.8) is 0 Å². The second-order valence-corrected chi connectivity index (χ2v) is 7.63. The van der Waals surface area contributed by atoms with Crippen LogP contribution in [0.1, 0.15) is 60.2 Å². The van der Waals surface area contributed by atoms with Gasteiger partial charge >= 0.3 is 0 Å². The number of nitrogens with one attached hydrogen (secondary N) is 3. The third-order valence-electron chi connectivity index (χ3n) is 3.94. The molecule has 13 heteroatoms. The quantitative estimate of drug-likeness (QED) is 0.0736. The number of aldehydes is 1. The smallest absolute Gasteiger partial charge is 0.245 e. The Morgan fingerprint density at radius 3 is 2.48 bits per heavy atom. The first-order valence-corrected chi connectivity index (χ1v) is 13.1. The van der Waals surface area contributed by atoms with E-state index in [1.807, 2.05) is 27.7 Å². The van der Waals surface area contributed by atoms with E-state index in [2.05, 4.69) is 30.7 Å². The van der Waals surface area contributed by atoms with Gasteiger partial charge in [0.2, 0.25) is 12.3 Å². The van der Waals surface area contributed by atoms with E-state index in [1.54, 1.807) is 25.9 Å². The largest absolute Gasteiger partial charge is 0.505 e. The number of aliphatic hydroxyl groups is 1. The lowest BCUT2D eigenvalue weighted by Crippen LogP contribution is -2.30. The SMILES string of the molecule is C/C=C(/F)CCNC(=O)/C=C/NN(C)Cc1ncon1.C/C=C/F.CC.CC(C)OCCCNC/C=C(\O)C=O. The highest BCUT2D eigenvalue weighted by Gasteiger charge is 2.02. The summed E-state index contributed by atoms with van der Waals surface area (Å²) >= 11 is 0. The fourth-order valence-corrected chi connectivity index (χ4v) is 2.11. The van der Waals surface area contributed by atoms with E-state index in [0.717, 1.165) is 19.6 Å². The molecule has 1 amide bonds. The van der Waals surface area contributed by atoms with Crippen LogP contribution < -0.4 is 16.1 Å². The van der Waals surface area contributed by atoms with Crippen LogP contribution in [0, 0.1) is 0 Å². The van der Waals surface area contributed by atoms with E-state index in [1.165, 1.54) is 36.9 Å². The van der Waals surface area contributed by atoms with E-state index in [-0.39, 0.29) is 36.6 Å². The number of nitrogens with zero attached hydrogens (tertiary/aromatic N) is 3. The molecule has 1 rings (SSSR count). The Morgan fingerprint density at radius 2 is 1.95 bits per heavy atom. The fourth-order valence-electron chi connectivity index (χ4n) is 2.11. The summed E-state index contributed by atoms with van der Waals surface area (Å²) in [5.41, 5.74) is 2.85. The summed E-state index contributed by atoms with van der Waals surface area (Å²) < 4.78 is 33.2. The van der Waals surface area contributed by atoms with Crippen molar-refractivity contribution < 1.29 is 32.7 Å². The topological polar surface area (TPSA) is 142 Å². The van der Waals surface area contributed by atoms with Gasteiger partial charge in [0.1, 0.15) is 0 Å². The van der Waals surface area contributed by atoms with E-state index >= 15 is 0 Å². The van der Waals surface area contributed by atoms with Gasteiger partial charge in [-0.3, -0.25) is 9.59 Å². The van der Waals surface area contributed by atoms with Crippen LogP contribution in [0.5, 0.6) is 0 Å². The fraction of sp³-hybridized carbons (Fsp3) is 0.556. The number of hydrazine groups is 1. The number of amides is 1. The number of carbonyl (C=O) groups excluding carboxylic acids is 2. The average Bonchev–Trinajstić information content (AvgIpc) is 3.46. The van der Waals surface area contributed by atoms with Crippen LogP contribution in [0.15, 0.2) is 59.3 Å². The molecule has 1 aromatic rings. The minimum Gasteiger partial charge on any atom is -0.505 e. The number of hydrogen-bond donors (Lipinski definition) is 4. The lowest BCUT2D eigenvalue weighted by atomic mass is 10.3. The number of rotatable bonds is 16. The van der Waals surface area contributed by atoms with Gasteiger partial charge < -0.3 is 30.4 Å². The molecule has 0 aromatic carbocycles. The Balaban J connectivity index is -0.000000596. The molecule has 0 unspecified atom stereocenters. The number of aromatic nitrogens is 2. The maximum absolute atomic E-state index is 12.8. The number of ether oxygens (including phenoxy) is 1. The number of hydrogen-bond acceptors (Lipinski definition) is 10. The van der Waals surface area contributed by atoms with Crippen molar-refractivity contribution in [2.45, 2.75) is 67.0 Å². The Kier molecular flexibility index (Phi) is 32.6. The van der Waals surface area contributed by atoms with Crippen LogP contribution >= 0.6 is 0 Å². The highest BCUT2D eigenvalue weighted by molar-refractivity contribution is 5.87. The maximum atomic E-state index is 12.8. The summed E-state index contributed by atoms with van der Waals surface area (Å²) in [6, 6.07) is 0. The summed E-state index contributed by atoms with van der Waals surface area (Å²) in [5.74, 6) is -0.239. The number of aliphatic hydroxyl groups excluding tert-OH is 1. The predicted octanol–water partition coefficient (Wildman–Crippen LogP) is 4.45. The second kappa shape index (κ2) is 31.8. The minimum absolute atomic E-state index is 0.196. The standard InChI is InChI=1S/C12H18FN5O2.C10H19NO3.C3H5F.C2H6/c1-3-10(13)4-6-14-12(19)5-7-16-18(2)8-11-15-9-20-17-11;1-9(2)14-7-3-5-11-6-4-10(13)8-12;1-2-3-4;1-2/h3,5,7,9,16H,4,6,8H2,1-2H3,(H,14,19);4,8-9,11,13H,3,5-7H2,1-2H3;2-3H,1H3;1-2H3/b7-5+,10-3+;10-4-;3-2+;. The Hall–Kier alpha value is -3.42. The molecule has 11 nitrogen and oxygen atoms in total. The molecule has 1 heterocycles. The summed E-state index contributed by atoms with van der Waals surface area (Å²) in [4.78, 5) is 25.2. The highest BCUT2D eigenvalue weighted by Crippen LogP contribution is 1.99. The van der Waals surface area contributed by atoms with E-state index < -0.39 is 0 Å². The minimum atomic E-state index is -0.297. The van der Waals surface area contributed by atoms with Crippen molar-refractivity contribution in [1.82, 2.24) is 31.2 Å². The Morgan fingerprint density at radius 1 is 1.27 bits per heavy atom. The predicted molar refractivity (Wildman–Crippen MR) is 153 cm³/mol. The Labute approximate surface area is 237 Å². The molecule has 0 radical (unpaired) electrons. The lowest BCUT2D eigenvalue weighted by Gasteiger charge is -2.13. The first kappa shape index (κ1) is 41.1. The monoisotopic (exact) mass is 574 g/mol. The van der Waals surface area contributed by atoms with Gasteiger partial charge in [-0.1, -0.05) is 31.2 Å². The van der Waals surface area contributed by atoms with Gasteiger partial charge in [0, 0.05) is 45.4 Å². The average molecular weight is 575 g/mol. The molecule has 0 fully saturated rings. The number of carbonyl (C=O) groups is 2. The molecular weight excluding hydrogens is 526 g/mol. The molecule has 0 atom stereocenters.